The van der Waals surface area contributed by atoms with Gasteiger partial charge in [-0.1, -0.05) is 20.8 Å². The quantitative estimate of drug-likeness (QED) is 0.269. The predicted octanol–water partition coefficient (Wildman–Crippen LogP) is 8.00. The van der Waals surface area contributed by atoms with Gasteiger partial charge in [0.05, 0.1) is 5.57 Å². The van der Waals surface area contributed by atoms with Crippen molar-refractivity contribution in [2.75, 3.05) is 0 Å². The normalized spacial score (nSPS) is 17.4. The van der Waals surface area contributed by atoms with Crippen LogP contribution in [0, 0.1) is 0 Å². The van der Waals surface area contributed by atoms with Crippen molar-refractivity contribution in [1.29, 1.82) is 0 Å². The van der Waals surface area contributed by atoms with Crippen LogP contribution in [-0.2, 0) is 0 Å². The zero-order valence-corrected chi connectivity index (χ0v) is 15.7. The molecule has 1 unspecified atom stereocenters. The maximum absolute atomic E-state index is 14.9. The summed E-state index contributed by atoms with van der Waals surface area (Å²) in [6.07, 6.45) is -38.2. The van der Waals surface area contributed by atoms with E-state index in [1.54, 1.807) is 0 Å². The van der Waals surface area contributed by atoms with Gasteiger partial charge in [0.1, 0.15) is 5.57 Å². The van der Waals surface area contributed by atoms with Crippen LogP contribution in [0.5, 0.6) is 0 Å². The molecule has 0 rings (SSSR count). The lowest BCUT2D eigenvalue weighted by Gasteiger charge is -2.43. The minimum Gasteiger partial charge on any atom is -0.218 e. The zero-order chi connectivity index (χ0) is 25.9. The van der Waals surface area contributed by atoms with Crippen LogP contribution in [0.1, 0.15) is 20.8 Å². The summed E-state index contributed by atoms with van der Waals surface area (Å²) < 4.78 is 221. The van der Waals surface area contributed by atoms with Crippen molar-refractivity contribution in [2.24, 2.45) is 0 Å². The number of hydrogen-bond acceptors (Lipinski definition) is 1. The Morgan fingerprint density at radius 1 is 0.452 bits per heavy atom. The summed E-state index contributed by atoms with van der Waals surface area (Å²) >= 11 is -1.85. The molecule has 0 aromatic carbocycles. The Morgan fingerprint density at radius 3 is 0.903 bits per heavy atom. The molecule has 0 fully saturated rings. The first-order valence-electron chi connectivity index (χ1n) is 7.12. The summed E-state index contributed by atoms with van der Waals surface area (Å²) in [5.41, 5.74) is -18.6. The SMILES string of the molecule is CC(C)(C)SC(F)(C(=C(C(F)(F)F)C(F)(F)F)C(F)(C(F)(F)F)C(F)(F)F)C(F)(F)F. The molecule has 0 N–H and O–H groups in total. The van der Waals surface area contributed by atoms with Crippen LogP contribution in [0.15, 0.2) is 11.1 Å². The van der Waals surface area contributed by atoms with Crippen LogP contribution in [0.3, 0.4) is 0 Å². The number of rotatable bonds is 3. The Bertz CT molecular complexity index is 648. The van der Waals surface area contributed by atoms with Gasteiger partial charge in [-0.3, -0.25) is 0 Å². The average molecular weight is 520 g/mol. The molecule has 1 atom stereocenters. The lowest BCUT2D eigenvalue weighted by molar-refractivity contribution is -0.335. The first-order chi connectivity index (χ1) is 12.9. The van der Waals surface area contributed by atoms with Crippen molar-refractivity contribution in [2.45, 2.75) is 67.1 Å². The molecule has 0 nitrogen and oxygen atoms in total. The highest BCUT2D eigenvalue weighted by Gasteiger charge is 2.83. The molecule has 0 heterocycles. The fourth-order valence-electron chi connectivity index (χ4n) is 2.12. The number of allylic oxidation sites excluding steroid dienone is 1. The van der Waals surface area contributed by atoms with Gasteiger partial charge < -0.3 is 0 Å². The smallest absolute Gasteiger partial charge is 0.218 e. The van der Waals surface area contributed by atoms with E-state index in [1.807, 2.05) is 0 Å². The van der Waals surface area contributed by atoms with E-state index in [-0.39, 0.29) is 0 Å². The highest BCUT2D eigenvalue weighted by atomic mass is 32.2. The number of halogens is 17. The molecule has 0 aliphatic rings. The van der Waals surface area contributed by atoms with Crippen LogP contribution < -0.4 is 0 Å². The Labute approximate surface area is 165 Å². The molecule has 18 heteroatoms. The van der Waals surface area contributed by atoms with Gasteiger partial charge in [-0.2, -0.15) is 65.9 Å². The topological polar surface area (TPSA) is 0 Å². The third-order valence-electron chi connectivity index (χ3n) is 3.08. The van der Waals surface area contributed by atoms with Crippen molar-refractivity contribution in [3.05, 3.63) is 11.1 Å². The van der Waals surface area contributed by atoms with E-state index in [0.29, 0.717) is 20.8 Å². The van der Waals surface area contributed by atoms with Crippen LogP contribution in [-0.4, -0.2) is 46.3 Å². The highest BCUT2D eigenvalue weighted by molar-refractivity contribution is 8.02. The number of thioether (sulfide) groups is 1. The van der Waals surface area contributed by atoms with Gasteiger partial charge in [0.25, 0.3) is 5.00 Å². The molecular formula is C13H9F17S. The molecule has 0 saturated heterocycles. The molecule has 186 valence electrons. The number of alkyl halides is 17. The minimum absolute atomic E-state index is 0.400. The zero-order valence-electron chi connectivity index (χ0n) is 14.8. The largest absolute Gasteiger partial charge is 0.436 e. The second-order valence-corrected chi connectivity index (χ2v) is 8.70. The van der Waals surface area contributed by atoms with Gasteiger partial charge in [-0.05, 0) is 0 Å². The van der Waals surface area contributed by atoms with Crippen molar-refractivity contribution >= 4 is 11.8 Å². The molecule has 0 aromatic heterocycles. The van der Waals surface area contributed by atoms with Crippen molar-refractivity contribution < 1.29 is 74.6 Å². The molecule has 0 amide bonds. The summed E-state index contributed by atoms with van der Waals surface area (Å²) in [6, 6.07) is 0. The summed E-state index contributed by atoms with van der Waals surface area (Å²) in [5, 5.41) is -6.79. The fourth-order valence-corrected chi connectivity index (χ4v) is 3.42. The molecule has 0 saturated carbocycles. The van der Waals surface area contributed by atoms with Crippen LogP contribution in [0.4, 0.5) is 74.6 Å². The Hall–Kier alpha value is -1.10. The lowest BCUT2D eigenvalue weighted by atomic mass is 9.84. The Morgan fingerprint density at radius 2 is 0.742 bits per heavy atom. The molecule has 0 aliphatic carbocycles. The fraction of sp³-hybridized carbons (Fsp3) is 0.846. The van der Waals surface area contributed by atoms with E-state index in [1.165, 1.54) is 0 Å². The Balaban J connectivity index is 8.32. The van der Waals surface area contributed by atoms with Crippen LogP contribution in [0.2, 0.25) is 0 Å². The van der Waals surface area contributed by atoms with Gasteiger partial charge >= 0.3 is 36.6 Å². The maximum Gasteiger partial charge on any atom is 0.436 e. The van der Waals surface area contributed by atoms with E-state index in [9.17, 15) is 74.6 Å². The summed E-state index contributed by atoms with van der Waals surface area (Å²) in [7, 11) is 0. The standard InChI is InChI=1S/C13H9F17S/c1-6(2,3)31-8(15,13(28,29)30)4(5(9(16,17)18)10(19,20)21)7(14,11(22,23)24)12(25,26)27/h1-3H3. The minimum atomic E-state index is -8.04. The maximum atomic E-state index is 14.9. The van der Waals surface area contributed by atoms with Gasteiger partial charge in [0.15, 0.2) is 0 Å². The highest BCUT2D eigenvalue weighted by Crippen LogP contribution is 2.65. The van der Waals surface area contributed by atoms with Gasteiger partial charge in [-0.15, -0.1) is 11.8 Å². The van der Waals surface area contributed by atoms with Gasteiger partial charge in [0.2, 0.25) is 0 Å². The summed E-state index contributed by atoms with van der Waals surface area (Å²) in [6.45, 7) is 1.20. The first-order valence-corrected chi connectivity index (χ1v) is 7.94. The van der Waals surface area contributed by atoms with E-state index in [0.717, 1.165) is 0 Å². The molecular weight excluding hydrogens is 511 g/mol. The average Bonchev–Trinajstić information content (AvgIpc) is 2.34. The molecule has 0 aromatic rings. The monoisotopic (exact) mass is 520 g/mol. The molecule has 31 heavy (non-hydrogen) atoms. The predicted molar refractivity (Wildman–Crippen MR) is 72.3 cm³/mol. The van der Waals surface area contributed by atoms with Crippen LogP contribution >= 0.6 is 11.8 Å². The van der Waals surface area contributed by atoms with Crippen LogP contribution in [0.25, 0.3) is 0 Å². The van der Waals surface area contributed by atoms with Crippen molar-refractivity contribution in [3.8, 4) is 0 Å². The molecule has 0 radical (unpaired) electrons. The number of hydrogen-bond donors (Lipinski definition) is 0. The van der Waals surface area contributed by atoms with E-state index >= 15 is 0 Å². The lowest BCUT2D eigenvalue weighted by Crippen LogP contribution is -2.63. The summed E-state index contributed by atoms with van der Waals surface area (Å²) in [5.74, 6) is 0. The second-order valence-electron chi connectivity index (χ2n) is 6.71. The Kier molecular flexibility index (Phi) is 7.47. The van der Waals surface area contributed by atoms with Crippen molar-refractivity contribution in [3.63, 3.8) is 0 Å². The van der Waals surface area contributed by atoms with Gasteiger partial charge in [-0.25, -0.2) is 8.78 Å². The van der Waals surface area contributed by atoms with Crippen molar-refractivity contribution in [1.82, 2.24) is 0 Å². The van der Waals surface area contributed by atoms with E-state index in [2.05, 4.69) is 0 Å². The third-order valence-corrected chi connectivity index (χ3v) is 4.40. The summed E-state index contributed by atoms with van der Waals surface area (Å²) in [4.78, 5) is 0. The van der Waals surface area contributed by atoms with E-state index < -0.39 is 69.2 Å². The molecule has 0 aliphatic heterocycles. The van der Waals surface area contributed by atoms with E-state index in [4.69, 9.17) is 0 Å². The molecule has 0 spiro atoms. The first kappa shape index (κ1) is 29.9. The molecule has 0 bridgehead atoms. The second kappa shape index (κ2) is 7.74. The third kappa shape index (κ3) is 5.83. The van der Waals surface area contributed by atoms with Gasteiger partial charge in [0, 0.05) is 4.75 Å².